The summed E-state index contributed by atoms with van der Waals surface area (Å²) in [6.45, 7) is 5.37. The van der Waals surface area contributed by atoms with Crippen LogP contribution in [0.5, 0.6) is 0 Å². The number of hydrogen-bond acceptors (Lipinski definition) is 3. The quantitative estimate of drug-likeness (QED) is 0.833. The third-order valence-electron chi connectivity index (χ3n) is 3.47. The fourth-order valence-corrected chi connectivity index (χ4v) is 2.23. The summed E-state index contributed by atoms with van der Waals surface area (Å²) >= 11 is 0. The first kappa shape index (κ1) is 12.1. The van der Waals surface area contributed by atoms with Crippen molar-refractivity contribution in [1.82, 2.24) is 14.7 Å². The van der Waals surface area contributed by atoms with E-state index in [1.807, 2.05) is 14.0 Å². The molecule has 1 fully saturated rings. The maximum absolute atomic E-state index is 12.2. The van der Waals surface area contributed by atoms with Gasteiger partial charge in [0.25, 0.3) is 5.91 Å². The van der Waals surface area contributed by atoms with Gasteiger partial charge in [0.05, 0.1) is 16.8 Å². The van der Waals surface area contributed by atoms with Gasteiger partial charge >= 0.3 is 0 Å². The van der Waals surface area contributed by atoms with Crippen molar-refractivity contribution in [3.05, 3.63) is 17.5 Å². The molecule has 2 heterocycles. The molecule has 1 amide bonds. The third-order valence-corrected chi connectivity index (χ3v) is 3.47. The summed E-state index contributed by atoms with van der Waals surface area (Å²) in [5, 5.41) is 4.29. The predicted octanol–water partition coefficient (Wildman–Crippen LogP) is 0.546. The van der Waals surface area contributed by atoms with Crippen LogP contribution in [0.2, 0.25) is 0 Å². The molecule has 0 spiro atoms. The summed E-state index contributed by atoms with van der Waals surface area (Å²) in [5.74, 6) is 0.0597. The number of nitrogens with zero attached hydrogens (tertiary/aromatic N) is 3. The molecule has 1 saturated heterocycles. The Bertz CT molecular complexity index is 432. The minimum absolute atomic E-state index is 0.0597. The number of likely N-dealkylation sites (tertiary alicyclic amines) is 1. The Kier molecular flexibility index (Phi) is 2.95. The Morgan fingerprint density at radius 2 is 2.18 bits per heavy atom. The van der Waals surface area contributed by atoms with Gasteiger partial charge in [-0.25, -0.2) is 0 Å². The molecule has 1 aromatic heterocycles. The van der Waals surface area contributed by atoms with Crippen LogP contribution >= 0.6 is 0 Å². The van der Waals surface area contributed by atoms with E-state index in [2.05, 4.69) is 12.0 Å². The van der Waals surface area contributed by atoms with E-state index >= 15 is 0 Å². The van der Waals surface area contributed by atoms with Crippen molar-refractivity contribution in [3.63, 3.8) is 0 Å². The molecule has 1 aromatic rings. The van der Waals surface area contributed by atoms with Crippen LogP contribution in [0.15, 0.2) is 6.20 Å². The monoisotopic (exact) mass is 236 g/mol. The lowest BCUT2D eigenvalue weighted by Gasteiger charge is -2.47. The smallest absolute Gasteiger partial charge is 0.257 e. The summed E-state index contributed by atoms with van der Waals surface area (Å²) in [6, 6.07) is 0. The maximum Gasteiger partial charge on any atom is 0.257 e. The predicted molar refractivity (Wildman–Crippen MR) is 65.7 cm³/mol. The number of rotatable bonds is 3. The largest absolute Gasteiger partial charge is 0.335 e. The van der Waals surface area contributed by atoms with E-state index in [1.165, 1.54) is 0 Å². The van der Waals surface area contributed by atoms with Crippen molar-refractivity contribution >= 4 is 5.91 Å². The second kappa shape index (κ2) is 4.14. The van der Waals surface area contributed by atoms with E-state index in [4.69, 9.17) is 5.73 Å². The van der Waals surface area contributed by atoms with Gasteiger partial charge in [0.1, 0.15) is 0 Å². The highest BCUT2D eigenvalue weighted by Crippen LogP contribution is 2.24. The molecule has 17 heavy (non-hydrogen) atoms. The molecule has 94 valence electrons. The lowest BCUT2D eigenvalue weighted by Crippen LogP contribution is -2.68. The molecular formula is C12H20N4O. The first-order valence-electron chi connectivity index (χ1n) is 6.09. The average molecular weight is 236 g/mol. The molecule has 0 bridgehead atoms. The van der Waals surface area contributed by atoms with Gasteiger partial charge in [0.15, 0.2) is 0 Å². The van der Waals surface area contributed by atoms with Gasteiger partial charge < -0.3 is 10.6 Å². The third kappa shape index (κ3) is 2.07. The van der Waals surface area contributed by atoms with Crippen LogP contribution in [-0.4, -0.2) is 39.2 Å². The van der Waals surface area contributed by atoms with Crippen molar-refractivity contribution in [2.75, 3.05) is 13.1 Å². The lowest BCUT2D eigenvalue weighted by molar-refractivity contribution is 0.0400. The fraction of sp³-hybridized carbons (Fsp3) is 0.667. The van der Waals surface area contributed by atoms with Crippen LogP contribution in [0, 0.1) is 0 Å². The molecule has 0 radical (unpaired) electrons. The van der Waals surface area contributed by atoms with Crippen molar-refractivity contribution in [2.24, 2.45) is 12.8 Å². The number of carbonyl (C=O) groups is 1. The lowest BCUT2D eigenvalue weighted by atomic mass is 9.88. The van der Waals surface area contributed by atoms with E-state index in [9.17, 15) is 4.79 Å². The Hall–Kier alpha value is -1.36. The molecule has 0 saturated carbocycles. The summed E-state index contributed by atoms with van der Waals surface area (Å²) < 4.78 is 1.70. The number of aromatic nitrogens is 2. The van der Waals surface area contributed by atoms with Crippen LogP contribution in [0.1, 0.15) is 36.3 Å². The van der Waals surface area contributed by atoms with Gasteiger partial charge in [0, 0.05) is 26.3 Å². The van der Waals surface area contributed by atoms with E-state index in [1.54, 1.807) is 15.8 Å². The highest BCUT2D eigenvalue weighted by atomic mass is 16.2. The molecule has 5 heteroatoms. The summed E-state index contributed by atoms with van der Waals surface area (Å²) in [7, 11) is 1.84. The highest BCUT2D eigenvalue weighted by Gasteiger charge is 2.41. The molecule has 2 rings (SSSR count). The van der Waals surface area contributed by atoms with Crippen LogP contribution in [0.3, 0.4) is 0 Å². The van der Waals surface area contributed by atoms with Crippen molar-refractivity contribution in [1.29, 1.82) is 0 Å². The molecule has 2 N–H and O–H groups in total. The zero-order valence-corrected chi connectivity index (χ0v) is 10.7. The van der Waals surface area contributed by atoms with E-state index in [-0.39, 0.29) is 11.4 Å². The maximum atomic E-state index is 12.2. The first-order chi connectivity index (χ1) is 7.99. The number of nitrogens with two attached hydrogens (primary N) is 1. The second-order valence-electron chi connectivity index (χ2n) is 4.89. The number of carbonyl (C=O) groups excluding carboxylic acids is 1. The van der Waals surface area contributed by atoms with Gasteiger partial charge in [-0.05, 0) is 12.8 Å². The van der Waals surface area contributed by atoms with Crippen LogP contribution in [0.25, 0.3) is 0 Å². The Morgan fingerprint density at radius 3 is 2.71 bits per heavy atom. The van der Waals surface area contributed by atoms with Gasteiger partial charge in [-0.1, -0.05) is 13.8 Å². The molecule has 0 aliphatic carbocycles. The Labute approximate surface area is 102 Å². The zero-order valence-electron chi connectivity index (χ0n) is 10.7. The second-order valence-corrected chi connectivity index (χ2v) is 4.89. The van der Waals surface area contributed by atoms with E-state index in [0.29, 0.717) is 18.7 Å². The normalized spacial score (nSPS) is 18.0. The van der Waals surface area contributed by atoms with Crippen LogP contribution < -0.4 is 5.73 Å². The minimum Gasteiger partial charge on any atom is -0.335 e. The van der Waals surface area contributed by atoms with Gasteiger partial charge in [-0.3, -0.25) is 9.48 Å². The zero-order chi connectivity index (χ0) is 12.6. The molecule has 0 atom stereocenters. The topological polar surface area (TPSA) is 64.2 Å². The highest BCUT2D eigenvalue weighted by molar-refractivity contribution is 5.95. The molecular weight excluding hydrogens is 216 g/mol. The summed E-state index contributed by atoms with van der Waals surface area (Å²) in [6.07, 6.45) is 3.48. The SMILES string of the molecule is CCc1nn(C)cc1C(=O)N1CC(N)(CC)C1. The number of aryl methyl sites for hydroxylation is 2. The fourth-order valence-electron chi connectivity index (χ4n) is 2.23. The molecule has 0 unspecified atom stereocenters. The van der Waals surface area contributed by atoms with E-state index in [0.717, 1.165) is 18.5 Å². The van der Waals surface area contributed by atoms with Crippen molar-refractivity contribution < 1.29 is 4.79 Å². The molecule has 1 aliphatic rings. The van der Waals surface area contributed by atoms with Gasteiger partial charge in [-0.2, -0.15) is 5.10 Å². The molecule has 0 aromatic carbocycles. The molecule has 5 nitrogen and oxygen atoms in total. The minimum atomic E-state index is -0.176. The van der Waals surface area contributed by atoms with Crippen LogP contribution in [-0.2, 0) is 13.5 Å². The summed E-state index contributed by atoms with van der Waals surface area (Å²) in [4.78, 5) is 14.0. The molecule has 1 aliphatic heterocycles. The summed E-state index contributed by atoms with van der Waals surface area (Å²) in [5.41, 5.74) is 7.47. The number of amides is 1. The van der Waals surface area contributed by atoms with Gasteiger partial charge in [0.2, 0.25) is 0 Å². The standard InChI is InChI=1S/C12H20N4O/c1-4-10-9(6-15(3)14-10)11(17)16-7-12(13,5-2)8-16/h6H,4-5,7-8,13H2,1-3H3. The average Bonchev–Trinajstić information content (AvgIpc) is 2.65. The first-order valence-corrected chi connectivity index (χ1v) is 6.09. The van der Waals surface area contributed by atoms with Crippen LogP contribution in [0.4, 0.5) is 0 Å². The van der Waals surface area contributed by atoms with Crippen molar-refractivity contribution in [3.8, 4) is 0 Å². The van der Waals surface area contributed by atoms with Crippen molar-refractivity contribution in [2.45, 2.75) is 32.2 Å². The van der Waals surface area contributed by atoms with Gasteiger partial charge in [-0.15, -0.1) is 0 Å². The Morgan fingerprint density at radius 1 is 1.53 bits per heavy atom. The van der Waals surface area contributed by atoms with E-state index < -0.39 is 0 Å². The Balaban J connectivity index is 2.11. The number of hydrogen-bond donors (Lipinski definition) is 1.